The van der Waals surface area contributed by atoms with Crippen LogP contribution in [0, 0.1) is 11.3 Å². The van der Waals surface area contributed by atoms with Crippen molar-refractivity contribution in [2.24, 2.45) is 5.84 Å². The standard InChI is InChI=1S/C12H12N4O/c13-6-8-2-1-3-10-12(8)9(7-15-10)4-5-11(17)16-14/h1-3,7,15H,4-5,14H2,(H,16,17). The molecule has 0 saturated heterocycles. The fourth-order valence-corrected chi connectivity index (χ4v) is 1.87. The summed E-state index contributed by atoms with van der Waals surface area (Å²) in [6.07, 6.45) is 2.69. The Morgan fingerprint density at radius 3 is 3.06 bits per heavy atom. The number of carbonyl (C=O) groups is 1. The van der Waals surface area contributed by atoms with Crippen LogP contribution in [0.2, 0.25) is 0 Å². The number of aryl methyl sites for hydroxylation is 1. The summed E-state index contributed by atoms with van der Waals surface area (Å²) in [6.45, 7) is 0. The van der Waals surface area contributed by atoms with Crippen molar-refractivity contribution in [3.63, 3.8) is 0 Å². The lowest BCUT2D eigenvalue weighted by molar-refractivity contribution is -0.121. The molecule has 0 radical (unpaired) electrons. The van der Waals surface area contributed by atoms with Gasteiger partial charge in [0.1, 0.15) is 0 Å². The summed E-state index contributed by atoms with van der Waals surface area (Å²) < 4.78 is 0. The highest BCUT2D eigenvalue weighted by Gasteiger charge is 2.09. The Kier molecular flexibility index (Phi) is 3.08. The third kappa shape index (κ3) is 2.12. The van der Waals surface area contributed by atoms with Gasteiger partial charge in [-0.05, 0) is 24.1 Å². The number of amides is 1. The average molecular weight is 228 g/mol. The lowest BCUT2D eigenvalue weighted by atomic mass is 10.0. The molecule has 0 bridgehead atoms. The molecule has 4 N–H and O–H groups in total. The van der Waals surface area contributed by atoms with E-state index in [0.29, 0.717) is 18.4 Å². The van der Waals surface area contributed by atoms with E-state index in [-0.39, 0.29) is 5.91 Å². The number of benzene rings is 1. The maximum absolute atomic E-state index is 11.1. The van der Waals surface area contributed by atoms with Gasteiger partial charge < -0.3 is 4.98 Å². The predicted molar refractivity (Wildman–Crippen MR) is 63.7 cm³/mol. The van der Waals surface area contributed by atoms with Gasteiger partial charge >= 0.3 is 0 Å². The Morgan fingerprint density at radius 1 is 1.53 bits per heavy atom. The SMILES string of the molecule is N#Cc1cccc2[nH]cc(CCC(=O)NN)c12. The molecule has 0 spiro atoms. The van der Waals surface area contributed by atoms with Crippen LogP contribution in [-0.2, 0) is 11.2 Å². The van der Waals surface area contributed by atoms with Gasteiger partial charge in [-0.1, -0.05) is 6.07 Å². The van der Waals surface area contributed by atoms with Crippen molar-refractivity contribution >= 4 is 16.8 Å². The van der Waals surface area contributed by atoms with E-state index in [1.807, 2.05) is 18.3 Å². The first-order valence-electron chi connectivity index (χ1n) is 5.24. The van der Waals surface area contributed by atoms with Crippen LogP contribution in [0.4, 0.5) is 0 Å². The highest BCUT2D eigenvalue weighted by Crippen LogP contribution is 2.23. The van der Waals surface area contributed by atoms with Crippen LogP contribution in [0.1, 0.15) is 17.5 Å². The number of hydrogen-bond donors (Lipinski definition) is 3. The van der Waals surface area contributed by atoms with Crippen LogP contribution in [0.3, 0.4) is 0 Å². The number of nitrogens with two attached hydrogens (primary N) is 1. The van der Waals surface area contributed by atoms with Gasteiger partial charge in [-0.25, -0.2) is 5.84 Å². The molecule has 0 fully saturated rings. The molecule has 1 heterocycles. The number of nitrogens with zero attached hydrogens (tertiary/aromatic N) is 1. The summed E-state index contributed by atoms with van der Waals surface area (Å²) in [6, 6.07) is 7.65. The minimum Gasteiger partial charge on any atom is -0.361 e. The summed E-state index contributed by atoms with van der Waals surface area (Å²) in [5.74, 6) is 4.81. The Balaban J connectivity index is 2.35. The zero-order valence-electron chi connectivity index (χ0n) is 9.16. The summed E-state index contributed by atoms with van der Waals surface area (Å²) in [7, 11) is 0. The first-order chi connectivity index (χ1) is 8.26. The van der Waals surface area contributed by atoms with Gasteiger partial charge in [0.2, 0.25) is 5.91 Å². The second-order valence-electron chi connectivity index (χ2n) is 3.72. The van der Waals surface area contributed by atoms with E-state index in [9.17, 15) is 4.79 Å². The minimum absolute atomic E-state index is 0.214. The summed E-state index contributed by atoms with van der Waals surface area (Å²) in [5, 5.41) is 9.93. The second kappa shape index (κ2) is 4.68. The first kappa shape index (κ1) is 11.2. The number of carbonyl (C=O) groups excluding carboxylic acids is 1. The van der Waals surface area contributed by atoms with Crippen LogP contribution in [-0.4, -0.2) is 10.9 Å². The molecule has 86 valence electrons. The smallest absolute Gasteiger partial charge is 0.234 e. The van der Waals surface area contributed by atoms with Crippen molar-refractivity contribution in [3.8, 4) is 6.07 Å². The molecular formula is C12H12N4O. The van der Waals surface area contributed by atoms with Gasteiger partial charge in [0.05, 0.1) is 11.6 Å². The van der Waals surface area contributed by atoms with Crippen molar-refractivity contribution in [2.45, 2.75) is 12.8 Å². The number of nitrogens with one attached hydrogen (secondary N) is 2. The van der Waals surface area contributed by atoms with E-state index in [0.717, 1.165) is 16.5 Å². The van der Waals surface area contributed by atoms with Crippen LogP contribution >= 0.6 is 0 Å². The van der Waals surface area contributed by atoms with E-state index in [1.54, 1.807) is 6.07 Å². The Labute approximate surface area is 98.2 Å². The van der Waals surface area contributed by atoms with Crippen LogP contribution < -0.4 is 11.3 Å². The van der Waals surface area contributed by atoms with Crippen LogP contribution in [0.15, 0.2) is 24.4 Å². The molecule has 0 atom stereocenters. The quantitative estimate of drug-likeness (QED) is 0.415. The zero-order chi connectivity index (χ0) is 12.3. The minimum atomic E-state index is -0.214. The number of hydrazine groups is 1. The van der Waals surface area contributed by atoms with Crippen molar-refractivity contribution in [1.82, 2.24) is 10.4 Å². The molecule has 5 nitrogen and oxygen atoms in total. The first-order valence-corrected chi connectivity index (χ1v) is 5.24. The monoisotopic (exact) mass is 228 g/mol. The van der Waals surface area contributed by atoms with E-state index >= 15 is 0 Å². The molecule has 1 aromatic heterocycles. The van der Waals surface area contributed by atoms with E-state index in [2.05, 4.69) is 16.5 Å². The Hall–Kier alpha value is -2.32. The molecule has 1 aromatic carbocycles. The molecule has 1 amide bonds. The molecular weight excluding hydrogens is 216 g/mol. The van der Waals surface area contributed by atoms with Crippen molar-refractivity contribution in [3.05, 3.63) is 35.5 Å². The van der Waals surface area contributed by atoms with Crippen LogP contribution in [0.5, 0.6) is 0 Å². The Morgan fingerprint density at radius 2 is 2.35 bits per heavy atom. The molecule has 0 aliphatic heterocycles. The van der Waals surface area contributed by atoms with Crippen LogP contribution in [0.25, 0.3) is 10.9 Å². The molecule has 2 aromatic rings. The van der Waals surface area contributed by atoms with Gasteiger partial charge in [-0.3, -0.25) is 10.2 Å². The highest BCUT2D eigenvalue weighted by molar-refractivity contribution is 5.89. The number of H-pyrrole nitrogens is 1. The maximum Gasteiger partial charge on any atom is 0.234 e. The molecule has 2 rings (SSSR count). The summed E-state index contributed by atoms with van der Waals surface area (Å²) >= 11 is 0. The van der Waals surface area contributed by atoms with Crippen molar-refractivity contribution < 1.29 is 4.79 Å². The average Bonchev–Trinajstić information content (AvgIpc) is 2.79. The second-order valence-corrected chi connectivity index (χ2v) is 3.72. The highest BCUT2D eigenvalue weighted by atomic mass is 16.2. The van der Waals surface area contributed by atoms with Gasteiger partial charge in [-0.15, -0.1) is 0 Å². The third-order valence-corrected chi connectivity index (χ3v) is 2.69. The fraction of sp³-hybridized carbons (Fsp3) is 0.167. The summed E-state index contributed by atoms with van der Waals surface area (Å²) in [4.78, 5) is 14.2. The number of fused-ring (bicyclic) bond motifs is 1. The molecule has 17 heavy (non-hydrogen) atoms. The fourth-order valence-electron chi connectivity index (χ4n) is 1.87. The van der Waals surface area contributed by atoms with E-state index < -0.39 is 0 Å². The summed E-state index contributed by atoms with van der Waals surface area (Å²) in [5.41, 5.74) is 4.58. The van der Waals surface area contributed by atoms with Gasteiger partial charge in [0.15, 0.2) is 0 Å². The van der Waals surface area contributed by atoms with E-state index in [4.69, 9.17) is 11.1 Å². The molecule has 0 unspecified atom stereocenters. The lowest BCUT2D eigenvalue weighted by Gasteiger charge is -2.00. The number of nitriles is 1. The van der Waals surface area contributed by atoms with Gasteiger partial charge in [0.25, 0.3) is 0 Å². The van der Waals surface area contributed by atoms with Gasteiger partial charge in [0, 0.05) is 23.5 Å². The largest absolute Gasteiger partial charge is 0.361 e. The number of aromatic amines is 1. The molecule has 5 heteroatoms. The maximum atomic E-state index is 11.1. The van der Waals surface area contributed by atoms with Gasteiger partial charge in [-0.2, -0.15) is 5.26 Å². The van der Waals surface area contributed by atoms with E-state index in [1.165, 1.54) is 0 Å². The number of aromatic nitrogens is 1. The molecule has 0 saturated carbocycles. The molecule has 0 aliphatic rings. The number of rotatable bonds is 3. The normalized spacial score (nSPS) is 10.1. The third-order valence-electron chi connectivity index (χ3n) is 2.69. The molecule has 0 aliphatic carbocycles. The zero-order valence-corrected chi connectivity index (χ0v) is 9.16. The van der Waals surface area contributed by atoms with Crippen molar-refractivity contribution in [1.29, 1.82) is 5.26 Å². The van der Waals surface area contributed by atoms with Crippen molar-refractivity contribution in [2.75, 3.05) is 0 Å². The predicted octanol–water partition coefficient (Wildman–Crippen LogP) is 0.962. The lowest BCUT2D eigenvalue weighted by Crippen LogP contribution is -2.30. The number of hydrogen-bond acceptors (Lipinski definition) is 3. The topological polar surface area (TPSA) is 94.7 Å². The Bertz CT molecular complexity index is 594.